The second-order valence-electron chi connectivity index (χ2n) is 10.3. The minimum absolute atomic E-state index is 0.0229. The number of hydrogen-bond donors (Lipinski definition) is 1. The number of fused-ring (bicyclic) bond motifs is 4. The maximum atomic E-state index is 14.0. The fourth-order valence-corrected chi connectivity index (χ4v) is 5.91. The molecule has 2 aliphatic rings. The first-order valence-corrected chi connectivity index (χ1v) is 12.9. The highest BCUT2D eigenvalue weighted by molar-refractivity contribution is 5.97. The molecule has 6 heteroatoms. The summed E-state index contributed by atoms with van der Waals surface area (Å²) < 4.78 is 5.50. The molecule has 6 nitrogen and oxygen atoms in total. The molecule has 0 aliphatic carbocycles. The Morgan fingerprint density at radius 1 is 0.973 bits per heavy atom. The first-order valence-electron chi connectivity index (χ1n) is 12.9. The van der Waals surface area contributed by atoms with Crippen LogP contribution in [0.25, 0.3) is 10.9 Å². The Bertz CT molecular complexity index is 1490. The van der Waals surface area contributed by atoms with Gasteiger partial charge >= 0.3 is 0 Å². The zero-order chi connectivity index (χ0) is 25.7. The van der Waals surface area contributed by atoms with Gasteiger partial charge in [0.25, 0.3) is 0 Å². The first-order chi connectivity index (χ1) is 18.0. The lowest BCUT2D eigenvalue weighted by Gasteiger charge is -2.47. The van der Waals surface area contributed by atoms with Crippen LogP contribution >= 0.6 is 0 Å². The number of nitrogens with one attached hydrogen (secondary N) is 1. The van der Waals surface area contributed by atoms with E-state index in [-0.39, 0.29) is 24.4 Å². The van der Waals surface area contributed by atoms with E-state index in [0.29, 0.717) is 18.9 Å². The zero-order valence-electron chi connectivity index (χ0n) is 21.4. The molecule has 188 valence electrons. The van der Waals surface area contributed by atoms with Crippen molar-refractivity contribution in [2.75, 3.05) is 13.7 Å². The average molecular weight is 494 g/mol. The number of carbonyl (C=O) groups is 2. The summed E-state index contributed by atoms with van der Waals surface area (Å²) in [4.78, 5) is 34.9. The number of ether oxygens (including phenoxy) is 1. The third kappa shape index (κ3) is 3.88. The van der Waals surface area contributed by atoms with Gasteiger partial charge in [-0.2, -0.15) is 0 Å². The number of carbonyl (C=O) groups excluding carboxylic acids is 2. The first kappa shape index (κ1) is 23.3. The Morgan fingerprint density at radius 2 is 1.70 bits per heavy atom. The zero-order valence-corrected chi connectivity index (χ0v) is 21.4. The van der Waals surface area contributed by atoms with Crippen molar-refractivity contribution in [1.29, 1.82) is 0 Å². The van der Waals surface area contributed by atoms with Crippen LogP contribution in [0.15, 0.2) is 72.8 Å². The van der Waals surface area contributed by atoms with Crippen molar-refractivity contribution in [3.8, 4) is 5.75 Å². The summed E-state index contributed by atoms with van der Waals surface area (Å²) in [7, 11) is 1.62. The summed E-state index contributed by atoms with van der Waals surface area (Å²) >= 11 is 0. The van der Waals surface area contributed by atoms with E-state index in [4.69, 9.17) is 4.74 Å². The molecule has 2 atom stereocenters. The molecule has 0 bridgehead atoms. The predicted molar refractivity (Wildman–Crippen MR) is 143 cm³/mol. The minimum Gasteiger partial charge on any atom is -0.496 e. The Labute approximate surface area is 216 Å². The van der Waals surface area contributed by atoms with Gasteiger partial charge < -0.3 is 19.5 Å². The van der Waals surface area contributed by atoms with Crippen molar-refractivity contribution in [2.24, 2.45) is 0 Å². The van der Waals surface area contributed by atoms with Gasteiger partial charge in [-0.15, -0.1) is 0 Å². The Hall–Kier alpha value is -4.06. The SMILES string of the molecule is COc1ccccc1CN1CC(=O)N2[C@H](c3ccc(C(C)C)cc3)c3[nH]c4ccccc4c3C[C@H]2C1=O. The second-order valence-corrected chi connectivity index (χ2v) is 10.3. The van der Waals surface area contributed by atoms with E-state index in [2.05, 4.69) is 55.2 Å². The third-order valence-corrected chi connectivity index (χ3v) is 7.81. The van der Waals surface area contributed by atoms with Crippen LogP contribution in [0, 0.1) is 0 Å². The number of nitrogens with zero attached hydrogens (tertiary/aromatic N) is 2. The van der Waals surface area contributed by atoms with Crippen LogP contribution in [-0.2, 0) is 22.6 Å². The molecule has 0 saturated carbocycles. The summed E-state index contributed by atoms with van der Waals surface area (Å²) in [6.07, 6.45) is 0.493. The van der Waals surface area contributed by atoms with E-state index in [9.17, 15) is 9.59 Å². The fourth-order valence-electron chi connectivity index (χ4n) is 5.91. The van der Waals surface area contributed by atoms with Gasteiger partial charge in [-0.3, -0.25) is 9.59 Å². The van der Waals surface area contributed by atoms with Crippen molar-refractivity contribution < 1.29 is 14.3 Å². The van der Waals surface area contributed by atoms with Crippen LogP contribution < -0.4 is 4.74 Å². The number of hydrogen-bond acceptors (Lipinski definition) is 3. The Balaban J connectivity index is 1.43. The Morgan fingerprint density at radius 3 is 2.46 bits per heavy atom. The van der Waals surface area contributed by atoms with E-state index >= 15 is 0 Å². The number of aromatic amines is 1. The number of benzene rings is 3. The number of para-hydroxylation sites is 2. The van der Waals surface area contributed by atoms with Gasteiger partial charge in [-0.1, -0.05) is 74.5 Å². The van der Waals surface area contributed by atoms with Crippen molar-refractivity contribution in [1.82, 2.24) is 14.8 Å². The molecule has 0 radical (unpaired) electrons. The van der Waals surface area contributed by atoms with Crippen molar-refractivity contribution in [3.63, 3.8) is 0 Å². The number of H-pyrrole nitrogens is 1. The maximum Gasteiger partial charge on any atom is 0.246 e. The van der Waals surface area contributed by atoms with Gasteiger partial charge in [0, 0.05) is 35.1 Å². The molecule has 1 saturated heterocycles. The number of rotatable bonds is 5. The molecular formula is C31H31N3O3. The van der Waals surface area contributed by atoms with Crippen LogP contribution in [0.4, 0.5) is 0 Å². The smallest absolute Gasteiger partial charge is 0.246 e. The molecule has 2 amide bonds. The predicted octanol–water partition coefficient (Wildman–Crippen LogP) is 5.19. The van der Waals surface area contributed by atoms with E-state index in [1.807, 2.05) is 41.3 Å². The molecule has 1 aromatic heterocycles. The summed E-state index contributed by atoms with van der Waals surface area (Å²) in [5, 5.41) is 1.11. The van der Waals surface area contributed by atoms with Gasteiger partial charge in [0.05, 0.1) is 13.2 Å². The summed E-state index contributed by atoms with van der Waals surface area (Å²) in [6, 6.07) is 23.4. The lowest BCUT2D eigenvalue weighted by atomic mass is 9.85. The van der Waals surface area contributed by atoms with E-state index in [1.54, 1.807) is 12.0 Å². The second kappa shape index (κ2) is 9.11. The highest BCUT2D eigenvalue weighted by Gasteiger charge is 2.48. The lowest BCUT2D eigenvalue weighted by molar-refractivity contribution is -0.159. The van der Waals surface area contributed by atoms with Crippen LogP contribution in [-0.4, -0.2) is 46.3 Å². The quantitative estimate of drug-likeness (QED) is 0.416. The molecule has 37 heavy (non-hydrogen) atoms. The minimum atomic E-state index is -0.558. The van der Waals surface area contributed by atoms with Crippen LogP contribution in [0.3, 0.4) is 0 Å². The van der Waals surface area contributed by atoms with Gasteiger partial charge in [0.15, 0.2) is 0 Å². The molecule has 0 spiro atoms. The molecular weight excluding hydrogens is 462 g/mol. The summed E-state index contributed by atoms with van der Waals surface area (Å²) in [5.41, 5.74) is 6.31. The molecule has 3 heterocycles. The van der Waals surface area contributed by atoms with E-state index < -0.39 is 6.04 Å². The number of methoxy groups -OCH3 is 1. The van der Waals surface area contributed by atoms with Crippen molar-refractivity contribution in [3.05, 3.63) is 101 Å². The van der Waals surface area contributed by atoms with Crippen LogP contribution in [0.2, 0.25) is 0 Å². The van der Waals surface area contributed by atoms with Gasteiger partial charge in [0.1, 0.15) is 18.3 Å². The number of piperazine rings is 1. The highest BCUT2D eigenvalue weighted by atomic mass is 16.5. The third-order valence-electron chi connectivity index (χ3n) is 7.81. The molecule has 4 aromatic rings. The van der Waals surface area contributed by atoms with Gasteiger partial charge in [-0.05, 0) is 34.7 Å². The fraction of sp³-hybridized carbons (Fsp3) is 0.290. The average Bonchev–Trinajstić information content (AvgIpc) is 3.29. The monoisotopic (exact) mass is 493 g/mol. The molecule has 3 aromatic carbocycles. The summed E-state index contributed by atoms with van der Waals surface area (Å²) in [6.45, 7) is 4.73. The van der Waals surface area contributed by atoms with E-state index in [1.165, 1.54) is 5.56 Å². The van der Waals surface area contributed by atoms with Gasteiger partial charge in [0.2, 0.25) is 11.8 Å². The lowest BCUT2D eigenvalue weighted by Crippen LogP contribution is -2.62. The number of amides is 2. The highest BCUT2D eigenvalue weighted by Crippen LogP contribution is 2.43. The molecule has 1 fully saturated rings. The largest absolute Gasteiger partial charge is 0.496 e. The Kier molecular flexibility index (Phi) is 5.75. The maximum absolute atomic E-state index is 14.0. The molecule has 2 aliphatic heterocycles. The van der Waals surface area contributed by atoms with Crippen molar-refractivity contribution >= 4 is 22.7 Å². The topological polar surface area (TPSA) is 65.6 Å². The van der Waals surface area contributed by atoms with Gasteiger partial charge in [-0.25, -0.2) is 0 Å². The normalized spacial score (nSPS) is 19.4. The standard InChI is InChI=1S/C31H31N3O3/c1-19(2)20-12-14-21(15-13-20)30-29-24(23-9-5-6-10-25(23)32-29)16-26-31(36)33(18-28(35)34(26)30)17-22-8-4-7-11-27(22)37-3/h4-15,19,26,30,32H,16-18H2,1-3H3/t26-,30+/m0/s1. The van der Waals surface area contributed by atoms with E-state index in [0.717, 1.165) is 39.0 Å². The van der Waals surface area contributed by atoms with Crippen LogP contribution in [0.5, 0.6) is 5.75 Å². The molecule has 0 unspecified atom stereocenters. The van der Waals surface area contributed by atoms with Crippen LogP contribution in [0.1, 0.15) is 53.8 Å². The van der Waals surface area contributed by atoms with Crippen molar-refractivity contribution in [2.45, 2.75) is 44.8 Å². The number of aromatic nitrogens is 1. The molecule has 6 rings (SSSR count). The summed E-state index contributed by atoms with van der Waals surface area (Å²) in [5.74, 6) is 1.07. The molecule has 1 N–H and O–H groups in total.